The molecule has 0 spiro atoms. The fourth-order valence-electron chi connectivity index (χ4n) is 2.98. The van der Waals surface area contributed by atoms with E-state index in [1.54, 1.807) is 0 Å². The Morgan fingerprint density at radius 1 is 1.14 bits per heavy atom. The molecule has 0 saturated heterocycles. The number of thioether (sulfide) groups is 1. The molecule has 4 rings (SSSR count). The molecule has 8 heteroatoms. The van der Waals surface area contributed by atoms with Gasteiger partial charge in [-0.15, -0.1) is 0 Å². The van der Waals surface area contributed by atoms with Crippen molar-refractivity contribution in [2.45, 2.75) is 19.0 Å². The van der Waals surface area contributed by atoms with E-state index in [0.717, 1.165) is 16.8 Å². The summed E-state index contributed by atoms with van der Waals surface area (Å²) in [5.74, 6) is -0.0472. The Morgan fingerprint density at radius 2 is 1.93 bits per heavy atom. The Morgan fingerprint density at radius 3 is 2.72 bits per heavy atom. The fraction of sp³-hybridized carbons (Fsp3) is 0.143. The van der Waals surface area contributed by atoms with Gasteiger partial charge in [0.15, 0.2) is 10.8 Å². The number of aromatic amines is 1. The standard InChI is InChI=1S/C21H19N5O2S/c1-13-7-6-10-17(14(13)2)23-18(27)12-29-21-24-19-16(11-22-25-19)20(28)26(21)15-8-4-3-5-9-15/h3-11H,12H2,1-2H3,(H,22,25)(H,23,27). The van der Waals surface area contributed by atoms with Crippen LogP contribution in [0.25, 0.3) is 16.7 Å². The average molecular weight is 405 g/mol. The number of fused-ring (bicyclic) bond motifs is 1. The van der Waals surface area contributed by atoms with Crippen LogP contribution < -0.4 is 10.9 Å². The number of hydrogen-bond donors (Lipinski definition) is 2. The molecule has 0 aliphatic heterocycles. The third kappa shape index (κ3) is 3.79. The van der Waals surface area contributed by atoms with Crippen molar-refractivity contribution in [2.75, 3.05) is 11.1 Å². The molecule has 2 aromatic carbocycles. The van der Waals surface area contributed by atoms with E-state index < -0.39 is 0 Å². The lowest BCUT2D eigenvalue weighted by molar-refractivity contribution is -0.113. The second-order valence-corrected chi connectivity index (χ2v) is 7.53. The lowest BCUT2D eigenvalue weighted by atomic mass is 10.1. The number of amides is 1. The van der Waals surface area contributed by atoms with E-state index >= 15 is 0 Å². The van der Waals surface area contributed by atoms with E-state index in [-0.39, 0.29) is 17.2 Å². The third-order valence-corrected chi connectivity index (χ3v) is 5.62. The number of aromatic nitrogens is 4. The summed E-state index contributed by atoms with van der Waals surface area (Å²) in [5.41, 5.74) is 3.79. The molecular formula is C21H19N5O2S. The molecule has 146 valence electrons. The van der Waals surface area contributed by atoms with E-state index in [1.165, 1.54) is 22.5 Å². The molecule has 2 N–H and O–H groups in total. The Labute approximate surface area is 171 Å². The van der Waals surface area contributed by atoms with E-state index in [0.29, 0.717) is 21.9 Å². The van der Waals surface area contributed by atoms with Gasteiger partial charge in [0.1, 0.15) is 5.39 Å². The molecule has 0 unspecified atom stereocenters. The number of anilines is 1. The van der Waals surface area contributed by atoms with Crippen LogP contribution in [0, 0.1) is 13.8 Å². The van der Waals surface area contributed by atoms with Crippen molar-refractivity contribution in [3.63, 3.8) is 0 Å². The number of H-pyrrole nitrogens is 1. The van der Waals surface area contributed by atoms with Crippen molar-refractivity contribution in [3.05, 3.63) is 76.2 Å². The number of aryl methyl sites for hydroxylation is 1. The molecule has 2 aromatic heterocycles. The van der Waals surface area contributed by atoms with Crippen LogP contribution >= 0.6 is 11.8 Å². The number of hydrogen-bond acceptors (Lipinski definition) is 5. The summed E-state index contributed by atoms with van der Waals surface area (Å²) in [5, 5.41) is 10.4. The van der Waals surface area contributed by atoms with Crippen LogP contribution in [0.5, 0.6) is 0 Å². The quantitative estimate of drug-likeness (QED) is 0.392. The first kappa shape index (κ1) is 18.9. The second kappa shape index (κ2) is 7.92. The number of nitrogens with one attached hydrogen (secondary N) is 2. The predicted octanol–water partition coefficient (Wildman–Crippen LogP) is 3.46. The highest BCUT2D eigenvalue weighted by molar-refractivity contribution is 7.99. The van der Waals surface area contributed by atoms with Crippen LogP contribution in [0.3, 0.4) is 0 Å². The van der Waals surface area contributed by atoms with Crippen LogP contribution in [-0.2, 0) is 4.79 Å². The molecule has 0 fully saturated rings. The Balaban J connectivity index is 1.63. The molecule has 29 heavy (non-hydrogen) atoms. The van der Waals surface area contributed by atoms with Crippen molar-refractivity contribution < 1.29 is 4.79 Å². The Kier molecular flexibility index (Phi) is 5.18. The summed E-state index contributed by atoms with van der Waals surface area (Å²) < 4.78 is 1.51. The molecule has 0 saturated carbocycles. The lowest BCUT2D eigenvalue weighted by Gasteiger charge is -2.13. The Bertz CT molecular complexity index is 1250. The molecule has 4 aromatic rings. The number of para-hydroxylation sites is 1. The number of carbonyl (C=O) groups excluding carboxylic acids is 1. The monoisotopic (exact) mass is 405 g/mol. The SMILES string of the molecule is Cc1cccc(NC(=O)CSc2nc3[nH]ncc3c(=O)n2-c2ccccc2)c1C. The van der Waals surface area contributed by atoms with Crippen molar-refractivity contribution in [1.82, 2.24) is 19.7 Å². The molecular weight excluding hydrogens is 386 g/mol. The molecule has 0 aliphatic carbocycles. The van der Waals surface area contributed by atoms with Crippen LogP contribution in [0.1, 0.15) is 11.1 Å². The molecule has 0 bridgehead atoms. The minimum atomic E-state index is -0.229. The summed E-state index contributed by atoms with van der Waals surface area (Å²) in [7, 11) is 0. The van der Waals surface area contributed by atoms with Gasteiger partial charge >= 0.3 is 0 Å². The van der Waals surface area contributed by atoms with Gasteiger partial charge in [0.2, 0.25) is 5.91 Å². The van der Waals surface area contributed by atoms with Gasteiger partial charge in [-0.1, -0.05) is 42.1 Å². The summed E-state index contributed by atoms with van der Waals surface area (Å²) in [4.78, 5) is 30.0. The van der Waals surface area contributed by atoms with E-state index in [2.05, 4.69) is 20.5 Å². The van der Waals surface area contributed by atoms with Crippen molar-refractivity contribution in [2.24, 2.45) is 0 Å². The molecule has 2 heterocycles. The minimum absolute atomic E-state index is 0.117. The smallest absolute Gasteiger partial charge is 0.269 e. The first-order valence-electron chi connectivity index (χ1n) is 9.05. The van der Waals surface area contributed by atoms with Crippen LogP contribution in [-0.4, -0.2) is 31.4 Å². The van der Waals surface area contributed by atoms with Gasteiger partial charge in [-0.25, -0.2) is 4.98 Å². The normalized spacial score (nSPS) is 11.0. The number of carbonyl (C=O) groups is 1. The summed E-state index contributed by atoms with van der Waals surface area (Å²) in [6.07, 6.45) is 1.46. The molecule has 1 amide bonds. The van der Waals surface area contributed by atoms with Crippen LogP contribution in [0.15, 0.2) is 64.7 Å². The molecule has 0 aliphatic rings. The van der Waals surface area contributed by atoms with Crippen molar-refractivity contribution >= 4 is 34.4 Å². The average Bonchev–Trinajstić information content (AvgIpc) is 3.20. The molecule has 0 radical (unpaired) electrons. The maximum Gasteiger partial charge on any atom is 0.269 e. The van der Waals surface area contributed by atoms with Gasteiger partial charge in [-0.2, -0.15) is 5.10 Å². The van der Waals surface area contributed by atoms with E-state index in [4.69, 9.17) is 0 Å². The summed E-state index contributed by atoms with van der Waals surface area (Å²) in [6, 6.07) is 15.0. The van der Waals surface area contributed by atoms with Gasteiger partial charge in [0.25, 0.3) is 5.56 Å². The largest absolute Gasteiger partial charge is 0.325 e. The molecule has 7 nitrogen and oxygen atoms in total. The highest BCUT2D eigenvalue weighted by Gasteiger charge is 2.16. The first-order valence-corrected chi connectivity index (χ1v) is 10.0. The van der Waals surface area contributed by atoms with Crippen LogP contribution in [0.4, 0.5) is 5.69 Å². The molecule has 0 atom stereocenters. The summed E-state index contributed by atoms with van der Waals surface area (Å²) in [6.45, 7) is 3.97. The number of nitrogens with zero attached hydrogens (tertiary/aromatic N) is 3. The first-order chi connectivity index (χ1) is 14.0. The van der Waals surface area contributed by atoms with Crippen molar-refractivity contribution in [3.8, 4) is 5.69 Å². The highest BCUT2D eigenvalue weighted by atomic mass is 32.2. The van der Waals surface area contributed by atoms with Gasteiger partial charge in [0.05, 0.1) is 17.6 Å². The van der Waals surface area contributed by atoms with Crippen molar-refractivity contribution in [1.29, 1.82) is 0 Å². The maximum atomic E-state index is 13.0. The van der Waals surface area contributed by atoms with E-state index in [1.807, 2.05) is 62.4 Å². The zero-order valence-corrected chi connectivity index (χ0v) is 16.8. The Hall–Kier alpha value is -3.39. The van der Waals surface area contributed by atoms with Gasteiger partial charge in [-0.05, 0) is 43.2 Å². The number of benzene rings is 2. The minimum Gasteiger partial charge on any atom is -0.325 e. The summed E-state index contributed by atoms with van der Waals surface area (Å²) >= 11 is 1.20. The zero-order chi connectivity index (χ0) is 20.4. The van der Waals surface area contributed by atoms with E-state index in [9.17, 15) is 9.59 Å². The zero-order valence-electron chi connectivity index (χ0n) is 16.0. The van der Waals surface area contributed by atoms with Gasteiger partial charge in [-0.3, -0.25) is 19.3 Å². The fourth-order valence-corrected chi connectivity index (χ4v) is 3.78. The topological polar surface area (TPSA) is 92.7 Å². The van der Waals surface area contributed by atoms with Crippen LogP contribution in [0.2, 0.25) is 0 Å². The van der Waals surface area contributed by atoms with Gasteiger partial charge in [0, 0.05) is 5.69 Å². The van der Waals surface area contributed by atoms with Gasteiger partial charge < -0.3 is 5.32 Å². The lowest BCUT2D eigenvalue weighted by Crippen LogP contribution is -2.22. The number of rotatable bonds is 5. The second-order valence-electron chi connectivity index (χ2n) is 6.59. The maximum absolute atomic E-state index is 13.0. The highest BCUT2D eigenvalue weighted by Crippen LogP contribution is 2.22. The predicted molar refractivity (Wildman–Crippen MR) is 115 cm³/mol. The third-order valence-electron chi connectivity index (χ3n) is 4.68.